The molecule has 0 aliphatic carbocycles. The van der Waals surface area contributed by atoms with Crippen molar-refractivity contribution in [2.24, 2.45) is 5.16 Å². The summed E-state index contributed by atoms with van der Waals surface area (Å²) in [5.74, 6) is -7.17. The van der Waals surface area contributed by atoms with E-state index in [1.165, 1.54) is 19.2 Å². The summed E-state index contributed by atoms with van der Waals surface area (Å²) in [6.45, 7) is 2.41. The van der Waals surface area contributed by atoms with Gasteiger partial charge in [-0.15, -0.1) is 28.2 Å². The van der Waals surface area contributed by atoms with Gasteiger partial charge in [0.15, 0.2) is 22.3 Å². The highest BCUT2D eigenvalue weighted by atomic mass is 35.5. The quantitative estimate of drug-likeness (QED) is 0.0409. The monoisotopic (exact) mass is 769 g/mol. The number of benzene rings is 1. The van der Waals surface area contributed by atoms with E-state index in [0.29, 0.717) is 5.57 Å². The van der Waals surface area contributed by atoms with E-state index in [-0.39, 0.29) is 44.4 Å². The number of carbonyl (C=O) groups excluding carboxylic acids is 2. The second kappa shape index (κ2) is 14.0. The van der Waals surface area contributed by atoms with Crippen molar-refractivity contribution in [1.29, 1.82) is 0 Å². The Balaban J connectivity index is 1.36. The zero-order chi connectivity index (χ0) is 36.7. The summed E-state index contributed by atoms with van der Waals surface area (Å²) >= 11 is 9.18. The van der Waals surface area contributed by atoms with E-state index < -0.39 is 75.4 Å². The summed E-state index contributed by atoms with van der Waals surface area (Å²) in [5, 5.41) is 66.8. The fraction of sp³-hybridized carbons (Fsp3) is 0.308. The van der Waals surface area contributed by atoms with Gasteiger partial charge in [0.2, 0.25) is 10.8 Å². The van der Waals surface area contributed by atoms with Crippen LogP contribution in [-0.4, -0.2) is 120 Å². The first-order chi connectivity index (χ1) is 23.5. The lowest BCUT2D eigenvalue weighted by Gasteiger charge is -2.49. The number of tetrazole rings is 1. The normalized spacial score (nSPS) is 17.6. The van der Waals surface area contributed by atoms with Crippen LogP contribution in [0.5, 0.6) is 11.5 Å². The van der Waals surface area contributed by atoms with Gasteiger partial charge in [-0.25, -0.2) is 14.6 Å². The van der Waals surface area contributed by atoms with Crippen molar-refractivity contribution in [3.05, 3.63) is 39.0 Å². The molecule has 2 aromatic heterocycles. The first-order valence-corrected chi connectivity index (χ1v) is 17.1. The van der Waals surface area contributed by atoms with E-state index in [2.05, 4.69) is 31.0 Å². The highest BCUT2D eigenvalue weighted by Gasteiger charge is 2.54. The van der Waals surface area contributed by atoms with Crippen LogP contribution in [-0.2, 0) is 35.2 Å². The summed E-state index contributed by atoms with van der Waals surface area (Å²) in [6, 6.07) is -0.175. The summed E-state index contributed by atoms with van der Waals surface area (Å²) < 4.78 is 1.06. The molecular weight excluding hydrogens is 746 g/mol. The van der Waals surface area contributed by atoms with Gasteiger partial charge >= 0.3 is 17.9 Å². The minimum Gasteiger partial charge on any atom is -0.504 e. The number of hydrogen-bond donors (Lipinski definition) is 7. The zero-order valence-electron chi connectivity index (χ0n) is 25.4. The topological polar surface area (TPSA) is 306 Å². The Morgan fingerprint density at radius 2 is 1.96 bits per heavy atom. The molecule has 0 spiro atoms. The van der Waals surface area contributed by atoms with Gasteiger partial charge in [0, 0.05) is 28.5 Å². The number of nitrogens with one attached hydrogen (secondary N) is 1. The van der Waals surface area contributed by atoms with Gasteiger partial charge < -0.3 is 41.4 Å². The molecule has 50 heavy (non-hydrogen) atoms. The molecule has 0 radical (unpaired) electrons. The van der Waals surface area contributed by atoms with Gasteiger partial charge in [-0.3, -0.25) is 19.3 Å². The van der Waals surface area contributed by atoms with Crippen molar-refractivity contribution in [3.8, 4) is 17.2 Å². The lowest BCUT2D eigenvalue weighted by Crippen LogP contribution is -2.71. The van der Waals surface area contributed by atoms with Crippen molar-refractivity contribution in [1.82, 2.24) is 35.4 Å². The van der Waals surface area contributed by atoms with Crippen LogP contribution in [0.4, 0.5) is 5.13 Å². The number of aromatic hydroxyl groups is 2. The lowest BCUT2D eigenvalue weighted by atomic mass is 10.0. The lowest BCUT2D eigenvalue weighted by molar-refractivity contribution is -0.161. The smallest absolute Gasteiger partial charge is 0.352 e. The Morgan fingerprint density at radius 3 is 2.58 bits per heavy atom. The number of nitrogen functional groups attached to an aromatic ring is 1. The number of aromatic nitrogens is 5. The van der Waals surface area contributed by atoms with Gasteiger partial charge in [-0.1, -0.05) is 28.5 Å². The molecule has 1 fully saturated rings. The van der Waals surface area contributed by atoms with Crippen LogP contribution < -0.4 is 11.1 Å². The number of thioether (sulfide) groups is 2. The molecule has 4 heterocycles. The molecule has 0 bridgehead atoms. The predicted molar refractivity (Wildman–Crippen MR) is 175 cm³/mol. The number of nitrogens with zero attached hydrogens (tertiary/aromatic N) is 7. The van der Waals surface area contributed by atoms with Crippen molar-refractivity contribution >= 4 is 87.0 Å². The van der Waals surface area contributed by atoms with Crippen LogP contribution in [0.2, 0.25) is 5.02 Å². The molecule has 1 saturated heterocycles. The number of halogens is 1. The SMILES string of the molecule is CC(C)(ON=C(C(=O)NC1C(=O)N2C(C(=O)O)=C(CSc3nnnn3-c3cc(O)c(O)c(Cl)c3CC(=O)O)CS[C@@H]12)c1csc(N)n1)C(=O)O. The molecule has 1 unspecified atom stereocenters. The van der Waals surface area contributed by atoms with E-state index in [9.17, 15) is 49.5 Å². The number of thiazole rings is 1. The molecule has 0 saturated carbocycles. The number of carboxylic acid groups (broad SMARTS) is 3. The number of phenols is 2. The number of carboxylic acids is 3. The Bertz CT molecular complexity index is 2000. The summed E-state index contributed by atoms with van der Waals surface area (Å²) in [6.07, 6.45) is -0.661. The number of β-lactam (4-membered cyclic amide) rings is 1. The number of anilines is 1. The largest absolute Gasteiger partial charge is 0.504 e. The molecule has 3 aromatic rings. The van der Waals surface area contributed by atoms with Crippen LogP contribution >= 0.6 is 46.5 Å². The van der Waals surface area contributed by atoms with Gasteiger partial charge in [0.05, 0.1) is 17.1 Å². The van der Waals surface area contributed by atoms with E-state index in [4.69, 9.17) is 22.2 Å². The minimum absolute atomic E-state index is 0.0324. The van der Waals surface area contributed by atoms with Crippen molar-refractivity contribution in [2.75, 3.05) is 17.2 Å². The fourth-order valence-corrected chi connectivity index (χ4v) is 7.71. The van der Waals surface area contributed by atoms with Crippen LogP contribution in [0.25, 0.3) is 5.69 Å². The number of oxime groups is 1. The predicted octanol–water partition coefficient (Wildman–Crippen LogP) is 0.508. The highest BCUT2D eigenvalue weighted by Crippen LogP contribution is 2.43. The maximum Gasteiger partial charge on any atom is 0.352 e. The second-order valence-electron chi connectivity index (χ2n) is 10.8. The molecule has 20 nitrogen and oxygen atoms in total. The molecular formula is C26H24ClN9O11S3. The number of nitrogens with two attached hydrogens (primary N) is 1. The maximum atomic E-state index is 13.3. The number of phenolic OH excluding ortho intramolecular Hbond substituents is 2. The van der Waals surface area contributed by atoms with Crippen LogP contribution in [0, 0.1) is 0 Å². The van der Waals surface area contributed by atoms with E-state index in [1.807, 2.05) is 0 Å². The van der Waals surface area contributed by atoms with Crippen LogP contribution in [0.1, 0.15) is 25.1 Å². The number of fused-ring (bicyclic) bond motifs is 1. The maximum absolute atomic E-state index is 13.3. The number of carbonyl (C=O) groups is 5. The molecule has 2 amide bonds. The minimum atomic E-state index is -1.83. The number of rotatable bonds is 13. The molecule has 5 rings (SSSR count). The standard InChI is InChI=1S/C26H24ClN9O11S3/c1-26(2,23(45)46)47-32-15(10-7-49-24(28)29-10)19(41)30-16-20(42)35-17(22(43)44)8(5-48-21(16)35)6-50-25-31-33-34-36(25)11-4-12(37)18(40)14(27)9(11)3-13(38)39/h4,7,16,21,37,40H,3,5-6H2,1-2H3,(H2,28,29)(H,30,41)(H,38,39)(H,43,44)(H,45,46)/t16?,21-/m0/s1. The number of aliphatic carboxylic acids is 3. The summed E-state index contributed by atoms with van der Waals surface area (Å²) in [7, 11) is 0. The van der Waals surface area contributed by atoms with Crippen LogP contribution in [0.15, 0.2) is 33.0 Å². The molecule has 264 valence electrons. The van der Waals surface area contributed by atoms with Crippen LogP contribution in [0.3, 0.4) is 0 Å². The van der Waals surface area contributed by atoms with Gasteiger partial charge in [0.1, 0.15) is 22.8 Å². The fourth-order valence-electron chi connectivity index (χ4n) is 4.54. The van der Waals surface area contributed by atoms with Crippen molar-refractivity contribution < 1.29 is 54.3 Å². The van der Waals surface area contributed by atoms with E-state index in [0.717, 1.165) is 50.5 Å². The average Bonchev–Trinajstić information content (AvgIpc) is 3.70. The van der Waals surface area contributed by atoms with Gasteiger partial charge in [-0.2, -0.15) is 4.68 Å². The second-order valence-corrected chi connectivity index (χ2v) is 14.1. The number of amides is 2. The zero-order valence-corrected chi connectivity index (χ0v) is 28.6. The Hall–Kier alpha value is -5.13. The Kier molecular flexibility index (Phi) is 10.1. The third kappa shape index (κ3) is 6.97. The third-order valence-electron chi connectivity index (χ3n) is 7.07. The molecule has 2 atom stereocenters. The molecule has 1 aromatic carbocycles. The van der Waals surface area contributed by atoms with E-state index in [1.54, 1.807) is 0 Å². The summed E-state index contributed by atoms with van der Waals surface area (Å²) in [4.78, 5) is 72.1. The average molecular weight is 770 g/mol. The summed E-state index contributed by atoms with van der Waals surface area (Å²) in [5.41, 5.74) is 3.16. The van der Waals surface area contributed by atoms with Gasteiger partial charge in [-0.05, 0) is 29.8 Å². The molecule has 2 aliphatic rings. The number of hydrogen-bond acceptors (Lipinski definition) is 17. The van der Waals surface area contributed by atoms with Gasteiger partial charge in [0.25, 0.3) is 11.8 Å². The molecule has 24 heteroatoms. The third-order valence-corrected chi connectivity index (χ3v) is 10.5. The molecule has 2 aliphatic heterocycles. The first kappa shape index (κ1) is 36.2. The Labute approximate surface area is 296 Å². The molecule has 8 N–H and O–H groups in total. The first-order valence-electron chi connectivity index (χ1n) is 13.8. The highest BCUT2D eigenvalue weighted by molar-refractivity contribution is 8.01. The van der Waals surface area contributed by atoms with Crippen molar-refractivity contribution in [2.45, 2.75) is 42.4 Å². The van der Waals surface area contributed by atoms with Crippen molar-refractivity contribution in [3.63, 3.8) is 0 Å². The Morgan fingerprint density at radius 1 is 1.24 bits per heavy atom. The van der Waals surface area contributed by atoms with E-state index >= 15 is 0 Å².